The molecule has 1 aliphatic rings. The second kappa shape index (κ2) is 6.85. The van der Waals surface area contributed by atoms with Crippen molar-refractivity contribution in [3.8, 4) is 0 Å². The van der Waals surface area contributed by atoms with Crippen LogP contribution >= 0.6 is 15.9 Å². The van der Waals surface area contributed by atoms with E-state index in [0.29, 0.717) is 18.5 Å². The summed E-state index contributed by atoms with van der Waals surface area (Å²) in [5.74, 6) is -0.912. The predicted octanol–water partition coefficient (Wildman–Crippen LogP) is 1.66. The normalized spacial score (nSPS) is 21.5. The Morgan fingerprint density at radius 1 is 1.25 bits per heavy atom. The van der Waals surface area contributed by atoms with Crippen LogP contribution in [0, 0.1) is 5.92 Å². The van der Waals surface area contributed by atoms with Gasteiger partial charge in [0.2, 0.25) is 11.8 Å². The number of benzene rings is 1. The molecule has 0 aromatic heterocycles. The van der Waals surface area contributed by atoms with Crippen LogP contribution in [0.5, 0.6) is 0 Å². The number of aliphatic hydroxyl groups is 1. The molecule has 1 aromatic carbocycles. The highest BCUT2D eigenvalue weighted by Crippen LogP contribution is 2.25. The number of nitrogens with one attached hydrogen (secondary N) is 2. The van der Waals surface area contributed by atoms with E-state index < -0.39 is 6.10 Å². The van der Waals surface area contributed by atoms with Crippen LogP contribution in [-0.2, 0) is 9.59 Å². The summed E-state index contributed by atoms with van der Waals surface area (Å²) in [6.07, 6.45) is 1.61. The molecule has 1 saturated carbocycles. The number of amides is 2. The van der Waals surface area contributed by atoms with Gasteiger partial charge in [0, 0.05) is 10.2 Å². The highest BCUT2D eigenvalue weighted by atomic mass is 79.9. The van der Waals surface area contributed by atoms with Gasteiger partial charge in [0.05, 0.1) is 18.6 Å². The maximum Gasteiger partial charge on any atom is 0.243 e. The fourth-order valence-corrected chi connectivity index (χ4v) is 2.55. The summed E-state index contributed by atoms with van der Waals surface area (Å²) < 4.78 is 0.930. The van der Waals surface area contributed by atoms with E-state index >= 15 is 0 Å². The van der Waals surface area contributed by atoms with Crippen molar-refractivity contribution in [1.82, 2.24) is 5.32 Å². The molecule has 0 spiro atoms. The zero-order valence-corrected chi connectivity index (χ0v) is 12.5. The van der Waals surface area contributed by atoms with Crippen molar-refractivity contribution < 1.29 is 14.7 Å². The molecule has 0 aliphatic heterocycles. The molecule has 3 N–H and O–H groups in total. The summed E-state index contributed by atoms with van der Waals surface area (Å²) in [7, 11) is 0. The Hall–Kier alpha value is -1.40. The molecule has 0 radical (unpaired) electrons. The van der Waals surface area contributed by atoms with E-state index in [1.54, 1.807) is 12.1 Å². The van der Waals surface area contributed by atoms with Crippen molar-refractivity contribution in [3.05, 3.63) is 28.7 Å². The Balaban J connectivity index is 1.77. The highest BCUT2D eigenvalue weighted by molar-refractivity contribution is 9.10. The van der Waals surface area contributed by atoms with Gasteiger partial charge in [-0.3, -0.25) is 9.59 Å². The third-order valence-corrected chi connectivity index (χ3v) is 3.90. The Morgan fingerprint density at radius 3 is 2.55 bits per heavy atom. The van der Waals surface area contributed by atoms with Crippen LogP contribution in [-0.4, -0.2) is 29.6 Å². The van der Waals surface area contributed by atoms with Crippen LogP contribution in [0.1, 0.15) is 19.3 Å². The first-order chi connectivity index (χ1) is 9.56. The first kappa shape index (κ1) is 15.0. The first-order valence-corrected chi connectivity index (χ1v) is 7.37. The second-order valence-corrected chi connectivity index (χ2v) is 5.79. The van der Waals surface area contributed by atoms with Gasteiger partial charge in [-0.1, -0.05) is 15.9 Å². The molecule has 0 heterocycles. The minimum absolute atomic E-state index is 0.0852. The number of carbonyl (C=O) groups excluding carboxylic acids is 2. The Labute approximate surface area is 125 Å². The molecule has 2 amide bonds. The van der Waals surface area contributed by atoms with E-state index in [9.17, 15) is 14.7 Å². The van der Waals surface area contributed by atoms with E-state index in [4.69, 9.17) is 0 Å². The summed E-state index contributed by atoms with van der Waals surface area (Å²) >= 11 is 3.31. The number of rotatable bonds is 4. The lowest BCUT2D eigenvalue weighted by Crippen LogP contribution is -2.39. The van der Waals surface area contributed by atoms with Crippen molar-refractivity contribution in [3.63, 3.8) is 0 Å². The lowest BCUT2D eigenvalue weighted by Gasteiger charge is -2.14. The minimum Gasteiger partial charge on any atom is -0.392 e. The number of hydrogen-bond acceptors (Lipinski definition) is 3. The third-order valence-electron chi connectivity index (χ3n) is 3.37. The van der Waals surface area contributed by atoms with Crippen LogP contribution in [0.15, 0.2) is 28.7 Å². The van der Waals surface area contributed by atoms with Gasteiger partial charge in [-0.15, -0.1) is 0 Å². The molecule has 6 heteroatoms. The fourth-order valence-electron chi connectivity index (χ4n) is 2.28. The van der Waals surface area contributed by atoms with Crippen molar-refractivity contribution in [1.29, 1.82) is 0 Å². The van der Waals surface area contributed by atoms with Gasteiger partial charge < -0.3 is 15.7 Å². The lowest BCUT2D eigenvalue weighted by molar-refractivity contribution is -0.129. The molecule has 1 aromatic rings. The molecular weight excluding hydrogens is 324 g/mol. The Morgan fingerprint density at radius 2 is 1.95 bits per heavy atom. The Kier molecular flexibility index (Phi) is 5.14. The maximum absolute atomic E-state index is 11.8. The standard InChI is InChI=1S/C14H17BrN2O3/c15-9-4-6-10(7-5-9)17-13(19)8-16-14(20)11-2-1-3-12(11)18/h4-7,11-12,18H,1-3,8H2,(H,16,20)(H,17,19). The van der Waals surface area contributed by atoms with E-state index in [1.807, 2.05) is 12.1 Å². The van der Waals surface area contributed by atoms with Crippen molar-refractivity contribution in [2.75, 3.05) is 11.9 Å². The molecule has 20 heavy (non-hydrogen) atoms. The highest BCUT2D eigenvalue weighted by Gasteiger charge is 2.31. The van der Waals surface area contributed by atoms with E-state index in [-0.39, 0.29) is 24.3 Å². The van der Waals surface area contributed by atoms with Gasteiger partial charge in [0.25, 0.3) is 0 Å². The van der Waals surface area contributed by atoms with Crippen molar-refractivity contribution in [2.45, 2.75) is 25.4 Å². The van der Waals surface area contributed by atoms with Gasteiger partial charge in [-0.2, -0.15) is 0 Å². The molecular formula is C14H17BrN2O3. The summed E-state index contributed by atoms with van der Waals surface area (Å²) in [5.41, 5.74) is 0.674. The molecule has 5 nitrogen and oxygen atoms in total. The molecule has 0 saturated heterocycles. The van der Waals surface area contributed by atoms with Gasteiger partial charge >= 0.3 is 0 Å². The summed E-state index contributed by atoms with van der Waals surface area (Å²) in [4.78, 5) is 23.5. The molecule has 108 valence electrons. The average molecular weight is 341 g/mol. The SMILES string of the molecule is O=C(CNC(=O)C1CCCC1O)Nc1ccc(Br)cc1. The van der Waals surface area contributed by atoms with Crippen LogP contribution in [0.3, 0.4) is 0 Å². The zero-order valence-electron chi connectivity index (χ0n) is 10.9. The topological polar surface area (TPSA) is 78.4 Å². The number of carbonyl (C=O) groups is 2. The monoisotopic (exact) mass is 340 g/mol. The van der Waals surface area contributed by atoms with Crippen molar-refractivity contribution >= 4 is 33.4 Å². The van der Waals surface area contributed by atoms with E-state index in [0.717, 1.165) is 10.9 Å². The number of hydrogen-bond donors (Lipinski definition) is 3. The van der Waals surface area contributed by atoms with E-state index in [2.05, 4.69) is 26.6 Å². The number of anilines is 1. The maximum atomic E-state index is 11.8. The smallest absolute Gasteiger partial charge is 0.243 e. The van der Waals surface area contributed by atoms with Gasteiger partial charge in [0.1, 0.15) is 0 Å². The van der Waals surface area contributed by atoms with Gasteiger partial charge in [-0.05, 0) is 43.5 Å². The van der Waals surface area contributed by atoms with Gasteiger partial charge in [-0.25, -0.2) is 0 Å². The quantitative estimate of drug-likeness (QED) is 0.780. The molecule has 1 aliphatic carbocycles. The van der Waals surface area contributed by atoms with Crippen LogP contribution in [0.2, 0.25) is 0 Å². The largest absolute Gasteiger partial charge is 0.392 e. The molecule has 0 bridgehead atoms. The summed E-state index contributed by atoms with van der Waals surface area (Å²) in [6.45, 7) is -0.0852. The minimum atomic E-state index is -0.579. The Bertz CT molecular complexity index is 490. The number of halogens is 1. The van der Waals surface area contributed by atoms with Crippen LogP contribution in [0.4, 0.5) is 5.69 Å². The van der Waals surface area contributed by atoms with Crippen LogP contribution < -0.4 is 10.6 Å². The summed E-state index contributed by atoms with van der Waals surface area (Å²) in [5, 5.41) is 14.9. The molecule has 2 unspecified atom stereocenters. The van der Waals surface area contributed by atoms with E-state index in [1.165, 1.54) is 0 Å². The fraction of sp³-hybridized carbons (Fsp3) is 0.429. The zero-order chi connectivity index (χ0) is 14.5. The lowest BCUT2D eigenvalue weighted by atomic mass is 10.1. The van der Waals surface area contributed by atoms with Gasteiger partial charge in [0.15, 0.2) is 0 Å². The summed E-state index contributed by atoms with van der Waals surface area (Å²) in [6, 6.07) is 7.18. The number of aliphatic hydroxyl groups excluding tert-OH is 1. The first-order valence-electron chi connectivity index (χ1n) is 6.57. The average Bonchev–Trinajstić information content (AvgIpc) is 2.85. The predicted molar refractivity (Wildman–Crippen MR) is 79.1 cm³/mol. The van der Waals surface area contributed by atoms with Crippen molar-refractivity contribution in [2.24, 2.45) is 5.92 Å². The molecule has 2 rings (SSSR count). The second-order valence-electron chi connectivity index (χ2n) is 4.88. The molecule has 2 atom stereocenters. The van der Waals surface area contributed by atoms with Crippen LogP contribution in [0.25, 0.3) is 0 Å². The third kappa shape index (κ3) is 4.05. The molecule has 1 fully saturated rings.